The standard InChI is InChI=1S/C11H13BrN2O3/c1-3-14(2)11(17)13-7-4-5-9(12)8(6-7)10(15)16/h4-6H,3H2,1-2H3,(H,13,17)(H,15,16). The molecule has 17 heavy (non-hydrogen) atoms. The highest BCUT2D eigenvalue weighted by atomic mass is 79.9. The molecule has 0 bridgehead atoms. The van der Waals surface area contributed by atoms with Crippen molar-refractivity contribution < 1.29 is 14.7 Å². The van der Waals surface area contributed by atoms with Crippen LogP contribution in [0, 0.1) is 0 Å². The summed E-state index contributed by atoms with van der Waals surface area (Å²) in [6.07, 6.45) is 0. The average molecular weight is 301 g/mol. The summed E-state index contributed by atoms with van der Waals surface area (Å²) in [6.45, 7) is 2.43. The van der Waals surface area contributed by atoms with Gasteiger partial charge in [-0.1, -0.05) is 0 Å². The van der Waals surface area contributed by atoms with Crippen molar-refractivity contribution in [3.05, 3.63) is 28.2 Å². The number of carboxylic acid groups (broad SMARTS) is 1. The number of benzene rings is 1. The van der Waals surface area contributed by atoms with Crippen molar-refractivity contribution in [1.29, 1.82) is 0 Å². The van der Waals surface area contributed by atoms with E-state index in [0.717, 1.165) is 0 Å². The molecule has 5 nitrogen and oxygen atoms in total. The second-order valence-corrected chi connectivity index (χ2v) is 4.30. The first-order valence-electron chi connectivity index (χ1n) is 5.00. The molecule has 0 aliphatic carbocycles. The highest BCUT2D eigenvalue weighted by Gasteiger charge is 2.11. The molecule has 0 saturated heterocycles. The molecule has 0 radical (unpaired) electrons. The van der Waals surface area contributed by atoms with Crippen LogP contribution in [0.2, 0.25) is 0 Å². The molecule has 92 valence electrons. The van der Waals surface area contributed by atoms with E-state index < -0.39 is 5.97 Å². The summed E-state index contributed by atoms with van der Waals surface area (Å²) in [4.78, 5) is 24.0. The van der Waals surface area contributed by atoms with Crippen molar-refractivity contribution in [3.63, 3.8) is 0 Å². The van der Waals surface area contributed by atoms with Gasteiger partial charge in [0.15, 0.2) is 0 Å². The molecule has 1 aromatic rings. The lowest BCUT2D eigenvalue weighted by molar-refractivity contribution is 0.0696. The minimum absolute atomic E-state index is 0.113. The topological polar surface area (TPSA) is 69.6 Å². The number of amides is 2. The fraction of sp³-hybridized carbons (Fsp3) is 0.273. The van der Waals surface area contributed by atoms with Crippen molar-refractivity contribution >= 4 is 33.6 Å². The second kappa shape index (κ2) is 5.67. The molecule has 6 heteroatoms. The van der Waals surface area contributed by atoms with Crippen LogP contribution < -0.4 is 5.32 Å². The predicted molar refractivity (Wildman–Crippen MR) is 68.4 cm³/mol. The summed E-state index contributed by atoms with van der Waals surface area (Å²) in [5.74, 6) is -1.04. The van der Waals surface area contributed by atoms with Crippen LogP contribution >= 0.6 is 15.9 Å². The van der Waals surface area contributed by atoms with E-state index >= 15 is 0 Å². The number of rotatable bonds is 3. The van der Waals surface area contributed by atoms with Crippen molar-refractivity contribution in [2.24, 2.45) is 0 Å². The third kappa shape index (κ3) is 3.45. The van der Waals surface area contributed by atoms with E-state index in [9.17, 15) is 9.59 Å². The third-order valence-electron chi connectivity index (χ3n) is 2.27. The Labute approximate surface area is 108 Å². The average Bonchev–Trinajstić information content (AvgIpc) is 2.30. The Morgan fingerprint density at radius 2 is 2.12 bits per heavy atom. The Morgan fingerprint density at radius 1 is 1.47 bits per heavy atom. The molecule has 0 fully saturated rings. The molecule has 0 spiro atoms. The lowest BCUT2D eigenvalue weighted by Crippen LogP contribution is -2.30. The summed E-state index contributed by atoms with van der Waals surface area (Å²) in [5.41, 5.74) is 0.567. The van der Waals surface area contributed by atoms with Gasteiger partial charge in [0, 0.05) is 23.8 Å². The Kier molecular flexibility index (Phi) is 4.51. The molecule has 0 unspecified atom stereocenters. The molecule has 0 atom stereocenters. The van der Waals surface area contributed by atoms with Gasteiger partial charge < -0.3 is 15.3 Å². The molecule has 0 aromatic heterocycles. The van der Waals surface area contributed by atoms with Gasteiger partial charge in [-0.2, -0.15) is 0 Å². The molecule has 0 aliphatic rings. The number of carbonyl (C=O) groups excluding carboxylic acids is 1. The van der Waals surface area contributed by atoms with Gasteiger partial charge in [-0.25, -0.2) is 9.59 Å². The minimum Gasteiger partial charge on any atom is -0.478 e. The quantitative estimate of drug-likeness (QED) is 0.901. The SMILES string of the molecule is CCN(C)C(=O)Nc1ccc(Br)c(C(=O)O)c1. The number of halogens is 1. The number of hydrogen-bond donors (Lipinski definition) is 2. The monoisotopic (exact) mass is 300 g/mol. The first-order valence-corrected chi connectivity index (χ1v) is 5.80. The molecular weight excluding hydrogens is 288 g/mol. The van der Waals surface area contributed by atoms with Gasteiger partial charge in [0.2, 0.25) is 0 Å². The van der Waals surface area contributed by atoms with Crippen LogP contribution in [0.15, 0.2) is 22.7 Å². The summed E-state index contributed by atoms with van der Waals surface area (Å²) in [6, 6.07) is 4.36. The lowest BCUT2D eigenvalue weighted by atomic mass is 10.2. The number of nitrogens with zero attached hydrogens (tertiary/aromatic N) is 1. The Hall–Kier alpha value is -1.56. The molecule has 0 saturated carbocycles. The van der Waals surface area contributed by atoms with Crippen molar-refractivity contribution in [1.82, 2.24) is 4.90 Å². The maximum Gasteiger partial charge on any atom is 0.336 e. The van der Waals surface area contributed by atoms with E-state index in [1.807, 2.05) is 6.92 Å². The molecule has 0 heterocycles. The Bertz CT molecular complexity index is 448. The van der Waals surface area contributed by atoms with Gasteiger partial charge in [-0.3, -0.25) is 0 Å². The second-order valence-electron chi connectivity index (χ2n) is 3.44. The Balaban J connectivity index is 2.90. The highest BCUT2D eigenvalue weighted by molar-refractivity contribution is 9.10. The van der Waals surface area contributed by atoms with Crippen molar-refractivity contribution in [2.45, 2.75) is 6.92 Å². The molecule has 1 rings (SSSR count). The summed E-state index contributed by atoms with van der Waals surface area (Å²) < 4.78 is 0.479. The Morgan fingerprint density at radius 3 is 2.65 bits per heavy atom. The third-order valence-corrected chi connectivity index (χ3v) is 2.96. The number of nitrogens with one attached hydrogen (secondary N) is 1. The number of carboxylic acids is 1. The fourth-order valence-electron chi connectivity index (χ4n) is 1.13. The van der Waals surface area contributed by atoms with Crippen molar-refractivity contribution in [2.75, 3.05) is 18.9 Å². The number of anilines is 1. The largest absolute Gasteiger partial charge is 0.478 e. The van der Waals surface area contributed by atoms with Crippen LogP contribution in [-0.4, -0.2) is 35.6 Å². The van der Waals surface area contributed by atoms with Gasteiger partial charge >= 0.3 is 12.0 Å². The number of urea groups is 1. The predicted octanol–water partition coefficient (Wildman–Crippen LogP) is 2.63. The van der Waals surface area contributed by atoms with Crippen LogP contribution in [0.3, 0.4) is 0 Å². The van der Waals surface area contributed by atoms with Gasteiger partial charge in [0.05, 0.1) is 5.56 Å². The first-order chi connectivity index (χ1) is 7.95. The molecule has 0 aliphatic heterocycles. The molecular formula is C11H13BrN2O3. The van der Waals surface area contributed by atoms with Crippen LogP contribution in [0.25, 0.3) is 0 Å². The van der Waals surface area contributed by atoms with E-state index in [1.165, 1.54) is 11.0 Å². The molecule has 1 aromatic carbocycles. The fourth-order valence-corrected chi connectivity index (χ4v) is 1.55. The van der Waals surface area contributed by atoms with Gasteiger partial charge in [-0.05, 0) is 41.1 Å². The number of hydrogen-bond acceptors (Lipinski definition) is 2. The van der Waals surface area contributed by atoms with Gasteiger partial charge in [0.25, 0.3) is 0 Å². The van der Waals surface area contributed by atoms with Crippen LogP contribution in [0.1, 0.15) is 17.3 Å². The van der Waals surface area contributed by atoms with E-state index in [1.54, 1.807) is 19.2 Å². The van der Waals surface area contributed by atoms with Gasteiger partial charge in [-0.15, -0.1) is 0 Å². The first kappa shape index (κ1) is 13.5. The lowest BCUT2D eigenvalue weighted by Gasteiger charge is -2.15. The minimum atomic E-state index is -1.04. The van der Waals surface area contributed by atoms with E-state index in [-0.39, 0.29) is 11.6 Å². The summed E-state index contributed by atoms with van der Waals surface area (Å²) in [5, 5.41) is 11.5. The maximum atomic E-state index is 11.6. The normalized spacial score (nSPS) is 9.82. The number of aromatic carboxylic acids is 1. The zero-order valence-electron chi connectivity index (χ0n) is 9.53. The number of carbonyl (C=O) groups is 2. The van der Waals surface area contributed by atoms with E-state index in [0.29, 0.717) is 16.7 Å². The zero-order valence-corrected chi connectivity index (χ0v) is 11.1. The van der Waals surface area contributed by atoms with Crippen LogP contribution in [0.4, 0.5) is 10.5 Å². The van der Waals surface area contributed by atoms with Crippen molar-refractivity contribution in [3.8, 4) is 0 Å². The van der Waals surface area contributed by atoms with Crippen LogP contribution in [0.5, 0.6) is 0 Å². The maximum absolute atomic E-state index is 11.6. The molecule has 2 N–H and O–H groups in total. The van der Waals surface area contributed by atoms with E-state index in [4.69, 9.17) is 5.11 Å². The van der Waals surface area contributed by atoms with Gasteiger partial charge in [0.1, 0.15) is 0 Å². The zero-order chi connectivity index (χ0) is 13.0. The summed E-state index contributed by atoms with van der Waals surface area (Å²) in [7, 11) is 1.66. The molecule has 2 amide bonds. The summed E-state index contributed by atoms with van der Waals surface area (Å²) >= 11 is 3.14. The smallest absolute Gasteiger partial charge is 0.336 e. The highest BCUT2D eigenvalue weighted by Crippen LogP contribution is 2.21. The van der Waals surface area contributed by atoms with Crippen LogP contribution in [-0.2, 0) is 0 Å². The van der Waals surface area contributed by atoms with E-state index in [2.05, 4.69) is 21.2 Å².